The third kappa shape index (κ3) is 6.69. The lowest BCUT2D eigenvalue weighted by Crippen LogP contribution is -2.34. The van der Waals surface area contributed by atoms with Crippen LogP contribution in [0.4, 0.5) is 14.5 Å². The van der Waals surface area contributed by atoms with E-state index in [2.05, 4.69) is 10.1 Å². The number of hydrogen-bond acceptors (Lipinski definition) is 6. The van der Waals surface area contributed by atoms with Crippen LogP contribution in [0.5, 0.6) is 0 Å². The third-order valence-electron chi connectivity index (χ3n) is 5.94. The Bertz CT molecular complexity index is 1190. The van der Waals surface area contributed by atoms with Crippen molar-refractivity contribution in [3.63, 3.8) is 0 Å². The molecule has 1 saturated heterocycles. The fourth-order valence-electron chi connectivity index (χ4n) is 4.05. The van der Waals surface area contributed by atoms with Crippen molar-refractivity contribution in [3.8, 4) is 6.07 Å². The number of nitrogens with one attached hydrogen (secondary N) is 1. The molecular formula is C24H26ClF2N3O4S. The fraction of sp³-hybridized carbons (Fsp3) is 0.417. The molecule has 1 heterocycles. The van der Waals surface area contributed by atoms with Gasteiger partial charge in [0, 0.05) is 12.2 Å². The number of anilines is 1. The predicted octanol–water partition coefficient (Wildman–Crippen LogP) is 4.73. The smallest absolute Gasteiger partial charge is 0.345 e. The highest BCUT2D eigenvalue weighted by molar-refractivity contribution is 7.91. The number of hydrogen-bond donors (Lipinski definition) is 1. The molecule has 1 aliphatic heterocycles. The molecule has 2 atom stereocenters. The van der Waals surface area contributed by atoms with Gasteiger partial charge in [-0.25, -0.2) is 8.42 Å². The largest absolute Gasteiger partial charge is 0.366 e. The molecule has 0 spiro atoms. The zero-order chi connectivity index (χ0) is 25.6. The van der Waals surface area contributed by atoms with E-state index in [0.29, 0.717) is 24.2 Å². The molecule has 0 aromatic heterocycles. The second kappa shape index (κ2) is 11.8. The maximum atomic E-state index is 13.0. The van der Waals surface area contributed by atoms with Gasteiger partial charge in [0.05, 0.1) is 52.4 Å². The monoisotopic (exact) mass is 525 g/mol. The zero-order valence-corrected chi connectivity index (χ0v) is 20.7. The Morgan fingerprint density at radius 1 is 1.29 bits per heavy atom. The van der Waals surface area contributed by atoms with Crippen molar-refractivity contribution in [1.29, 1.82) is 5.26 Å². The highest BCUT2D eigenvalue weighted by atomic mass is 35.5. The SMILES string of the molecule is CCS(=O)(=O)c1ccc([C@H](CC#N)NC(=O)c2ccc(N3CCC[C@H]3COC(F)F)cc2Cl)cc1. The lowest BCUT2D eigenvalue weighted by atomic mass is 10.0. The van der Waals surface area contributed by atoms with E-state index in [9.17, 15) is 27.3 Å². The average Bonchev–Trinajstić information content (AvgIpc) is 3.31. The van der Waals surface area contributed by atoms with Crippen molar-refractivity contribution >= 4 is 33.0 Å². The lowest BCUT2D eigenvalue weighted by Gasteiger charge is -2.27. The third-order valence-corrected chi connectivity index (χ3v) is 8.01. The Hall–Kier alpha value is -2.74. The Labute approximate surface area is 208 Å². The van der Waals surface area contributed by atoms with Crippen LogP contribution < -0.4 is 10.2 Å². The Kier molecular flexibility index (Phi) is 9.05. The molecule has 11 heteroatoms. The van der Waals surface area contributed by atoms with Crippen LogP contribution in [0.25, 0.3) is 0 Å². The van der Waals surface area contributed by atoms with Crippen molar-refractivity contribution in [2.24, 2.45) is 0 Å². The minimum atomic E-state index is -3.37. The highest BCUT2D eigenvalue weighted by Gasteiger charge is 2.27. The number of carbonyl (C=O) groups is 1. The number of amides is 1. The second-order valence-corrected chi connectivity index (χ2v) is 10.8. The quantitative estimate of drug-likeness (QED) is 0.481. The number of ether oxygens (including phenoxy) is 1. The summed E-state index contributed by atoms with van der Waals surface area (Å²) in [6.07, 6.45) is 1.51. The van der Waals surface area contributed by atoms with Crippen molar-refractivity contribution in [2.45, 2.75) is 49.8 Å². The second-order valence-electron chi connectivity index (χ2n) is 8.11. The van der Waals surface area contributed by atoms with E-state index in [1.54, 1.807) is 37.3 Å². The first kappa shape index (κ1) is 26.9. The molecule has 1 N–H and O–H groups in total. The maximum Gasteiger partial charge on any atom is 0.345 e. The average molecular weight is 526 g/mol. The summed E-state index contributed by atoms with van der Waals surface area (Å²) in [6, 6.07) is 12.1. The zero-order valence-electron chi connectivity index (χ0n) is 19.1. The molecule has 1 fully saturated rings. The van der Waals surface area contributed by atoms with Crippen molar-refractivity contribution in [3.05, 3.63) is 58.6 Å². The van der Waals surface area contributed by atoms with Crippen LogP contribution in [0.1, 0.15) is 48.1 Å². The van der Waals surface area contributed by atoms with E-state index in [4.69, 9.17) is 11.6 Å². The minimum Gasteiger partial charge on any atom is -0.366 e. The number of nitriles is 1. The molecule has 2 aromatic rings. The fourth-order valence-corrected chi connectivity index (χ4v) is 5.20. The summed E-state index contributed by atoms with van der Waals surface area (Å²) in [6.45, 7) is -0.725. The first-order valence-electron chi connectivity index (χ1n) is 11.1. The molecule has 0 aliphatic carbocycles. The summed E-state index contributed by atoms with van der Waals surface area (Å²) in [7, 11) is -3.37. The number of sulfone groups is 1. The molecule has 2 aromatic carbocycles. The summed E-state index contributed by atoms with van der Waals surface area (Å²) in [4.78, 5) is 15.1. The lowest BCUT2D eigenvalue weighted by molar-refractivity contribution is -0.131. The van der Waals surface area contributed by atoms with Gasteiger partial charge < -0.3 is 15.0 Å². The van der Waals surface area contributed by atoms with Gasteiger partial charge >= 0.3 is 6.61 Å². The van der Waals surface area contributed by atoms with Crippen molar-refractivity contribution < 1.29 is 26.7 Å². The van der Waals surface area contributed by atoms with Gasteiger partial charge in [0.2, 0.25) is 0 Å². The number of rotatable bonds is 10. The Morgan fingerprint density at radius 3 is 2.60 bits per heavy atom. The van der Waals surface area contributed by atoms with Crippen LogP contribution in [-0.4, -0.2) is 45.9 Å². The van der Waals surface area contributed by atoms with Crippen LogP contribution >= 0.6 is 11.6 Å². The van der Waals surface area contributed by atoms with Crippen LogP contribution in [0.3, 0.4) is 0 Å². The molecule has 0 unspecified atom stereocenters. The Balaban J connectivity index is 1.75. The number of halogens is 3. The summed E-state index contributed by atoms with van der Waals surface area (Å²) >= 11 is 6.40. The van der Waals surface area contributed by atoms with Crippen LogP contribution in [0, 0.1) is 11.3 Å². The molecule has 1 amide bonds. The normalized spacial score (nSPS) is 16.8. The maximum absolute atomic E-state index is 13.0. The standard InChI is InChI=1S/C24H26ClF2N3O4S/c1-2-35(32,33)19-8-5-16(6-9-19)22(11-12-28)29-23(31)20-10-7-17(14-21(20)25)30-13-3-4-18(30)15-34-24(26)27/h5-10,14,18,22,24H,2-4,11,13,15H2,1H3,(H,29,31)/t18-,22-/m0/s1. The highest BCUT2D eigenvalue weighted by Crippen LogP contribution is 2.30. The number of nitrogens with zero attached hydrogens (tertiary/aromatic N) is 2. The summed E-state index contributed by atoms with van der Waals surface area (Å²) in [5, 5.41) is 12.2. The van der Waals surface area contributed by atoms with Crippen LogP contribution in [0.2, 0.25) is 5.02 Å². The van der Waals surface area contributed by atoms with E-state index in [1.165, 1.54) is 12.1 Å². The van der Waals surface area contributed by atoms with Crippen molar-refractivity contribution in [2.75, 3.05) is 23.8 Å². The van der Waals surface area contributed by atoms with Gasteiger partial charge in [0.15, 0.2) is 9.84 Å². The number of alkyl halides is 2. The van der Waals surface area contributed by atoms with Gasteiger partial charge in [-0.05, 0) is 48.7 Å². The molecule has 3 rings (SSSR count). The van der Waals surface area contributed by atoms with Crippen LogP contribution in [-0.2, 0) is 14.6 Å². The van der Waals surface area contributed by atoms with E-state index in [0.717, 1.165) is 6.42 Å². The Morgan fingerprint density at radius 2 is 2.00 bits per heavy atom. The van der Waals surface area contributed by atoms with E-state index >= 15 is 0 Å². The molecule has 35 heavy (non-hydrogen) atoms. The van der Waals surface area contributed by atoms with Gasteiger partial charge in [-0.1, -0.05) is 30.7 Å². The molecule has 0 radical (unpaired) electrons. The topological polar surface area (TPSA) is 99.5 Å². The van der Waals surface area contributed by atoms with Crippen LogP contribution in [0.15, 0.2) is 47.4 Å². The minimum absolute atomic E-state index is 0.0269. The van der Waals surface area contributed by atoms with Gasteiger partial charge in [-0.15, -0.1) is 0 Å². The first-order valence-corrected chi connectivity index (χ1v) is 13.2. The summed E-state index contributed by atoms with van der Waals surface area (Å²) in [5.41, 5.74) is 1.48. The molecule has 1 aliphatic rings. The molecule has 188 valence electrons. The molecule has 0 saturated carbocycles. The summed E-state index contributed by atoms with van der Waals surface area (Å²) in [5.74, 6) is -0.526. The van der Waals surface area contributed by atoms with Crippen molar-refractivity contribution in [1.82, 2.24) is 5.32 Å². The van der Waals surface area contributed by atoms with E-state index in [1.807, 2.05) is 11.0 Å². The predicted molar refractivity (Wildman–Crippen MR) is 128 cm³/mol. The van der Waals surface area contributed by atoms with Gasteiger partial charge in [-0.3, -0.25) is 4.79 Å². The van der Waals surface area contributed by atoms with Gasteiger partial charge in [0.1, 0.15) is 0 Å². The number of benzene rings is 2. The molecular weight excluding hydrogens is 500 g/mol. The summed E-state index contributed by atoms with van der Waals surface area (Å²) < 4.78 is 53.4. The van der Waals surface area contributed by atoms with Gasteiger partial charge in [-0.2, -0.15) is 14.0 Å². The number of carbonyl (C=O) groups excluding carboxylic acids is 1. The first-order chi connectivity index (χ1) is 16.7. The van der Waals surface area contributed by atoms with Gasteiger partial charge in [0.25, 0.3) is 5.91 Å². The molecule has 0 bridgehead atoms. The molecule has 7 nitrogen and oxygen atoms in total. The van der Waals surface area contributed by atoms with E-state index < -0.39 is 28.4 Å². The van der Waals surface area contributed by atoms with E-state index in [-0.39, 0.29) is 40.3 Å².